The van der Waals surface area contributed by atoms with Crippen LogP contribution in [0.25, 0.3) is 0 Å². The summed E-state index contributed by atoms with van der Waals surface area (Å²) in [7, 11) is 0. The Bertz CT molecular complexity index is 625. The van der Waals surface area contributed by atoms with Crippen molar-refractivity contribution in [3.63, 3.8) is 0 Å². The van der Waals surface area contributed by atoms with Crippen molar-refractivity contribution in [2.75, 3.05) is 18.4 Å². The number of hydrogen-bond donors (Lipinski definition) is 2. The summed E-state index contributed by atoms with van der Waals surface area (Å²) >= 11 is 0. The van der Waals surface area contributed by atoms with Crippen molar-refractivity contribution in [2.24, 2.45) is 10.9 Å². The van der Waals surface area contributed by atoms with Crippen molar-refractivity contribution in [2.45, 2.75) is 71.3 Å². The van der Waals surface area contributed by atoms with Gasteiger partial charge in [-0.15, -0.1) is 0 Å². The van der Waals surface area contributed by atoms with Crippen LogP contribution in [0.4, 0.5) is 5.69 Å². The lowest BCUT2D eigenvalue weighted by Gasteiger charge is -2.28. The van der Waals surface area contributed by atoms with Gasteiger partial charge in [0.15, 0.2) is 5.96 Å². The third-order valence-corrected chi connectivity index (χ3v) is 4.93. The van der Waals surface area contributed by atoms with E-state index < -0.39 is 0 Å². The first-order valence-electron chi connectivity index (χ1n) is 9.80. The number of benzene rings is 1. The van der Waals surface area contributed by atoms with E-state index in [1.54, 1.807) is 6.07 Å². The predicted octanol–water partition coefficient (Wildman–Crippen LogP) is 4.74. The fourth-order valence-corrected chi connectivity index (χ4v) is 2.96. The minimum absolute atomic E-state index is 0.0506. The number of phenols is 1. The Morgan fingerprint density at radius 3 is 2.52 bits per heavy atom. The van der Waals surface area contributed by atoms with E-state index in [4.69, 9.17) is 4.99 Å². The quantitative estimate of drug-likeness (QED) is 0.445. The molecule has 0 amide bonds. The van der Waals surface area contributed by atoms with Gasteiger partial charge in [-0.25, -0.2) is 4.99 Å². The molecule has 2 aliphatic carbocycles. The molecule has 0 unspecified atom stereocenters. The average Bonchev–Trinajstić information content (AvgIpc) is 3.42. The zero-order valence-corrected chi connectivity index (χ0v) is 16.2. The minimum atomic E-state index is 0.0506. The average molecular weight is 344 g/mol. The van der Waals surface area contributed by atoms with Gasteiger partial charge in [-0.05, 0) is 61.1 Å². The molecule has 1 aromatic rings. The van der Waals surface area contributed by atoms with Crippen LogP contribution in [0.1, 0.15) is 65.4 Å². The van der Waals surface area contributed by atoms with Gasteiger partial charge >= 0.3 is 0 Å². The van der Waals surface area contributed by atoms with Gasteiger partial charge in [0.2, 0.25) is 0 Å². The number of nitrogens with one attached hydrogen (secondary N) is 1. The first kappa shape index (κ1) is 18.1. The number of phenolic OH excluding ortho intramolecular Hbond substituents is 1. The molecule has 2 aliphatic rings. The van der Waals surface area contributed by atoms with Gasteiger partial charge in [-0.1, -0.05) is 33.8 Å². The Labute approximate surface area is 152 Å². The van der Waals surface area contributed by atoms with Crippen molar-refractivity contribution in [3.05, 3.63) is 23.8 Å². The van der Waals surface area contributed by atoms with Crippen molar-refractivity contribution in [3.8, 4) is 5.75 Å². The molecule has 1 aromatic carbocycles. The first-order valence-corrected chi connectivity index (χ1v) is 9.80. The van der Waals surface area contributed by atoms with Gasteiger partial charge in [-0.2, -0.15) is 0 Å². The Morgan fingerprint density at radius 1 is 1.24 bits per heavy atom. The maximum atomic E-state index is 10.4. The van der Waals surface area contributed by atoms with E-state index in [-0.39, 0.29) is 5.41 Å². The molecule has 3 rings (SSSR count). The van der Waals surface area contributed by atoms with Crippen molar-refractivity contribution in [1.82, 2.24) is 4.90 Å². The highest BCUT2D eigenvalue weighted by atomic mass is 16.3. The van der Waals surface area contributed by atoms with Gasteiger partial charge in [0.25, 0.3) is 0 Å². The normalized spacial score (nSPS) is 18.3. The fraction of sp³-hybridized carbons (Fsp3) is 0.667. The summed E-state index contributed by atoms with van der Waals surface area (Å²) in [5.74, 6) is 2.05. The molecule has 0 bridgehead atoms. The molecule has 0 saturated heterocycles. The van der Waals surface area contributed by atoms with E-state index in [0.29, 0.717) is 11.8 Å². The van der Waals surface area contributed by atoms with Crippen molar-refractivity contribution < 1.29 is 5.11 Å². The SMILES string of the molecule is CCCN(CC1CC1)C(=NC1CC1)Nc1cc(C(C)(C)C)ccc1O. The summed E-state index contributed by atoms with van der Waals surface area (Å²) in [5.41, 5.74) is 2.03. The van der Waals surface area contributed by atoms with Crippen LogP contribution in [0.3, 0.4) is 0 Å². The molecule has 0 heterocycles. The molecule has 25 heavy (non-hydrogen) atoms. The van der Waals surface area contributed by atoms with Gasteiger partial charge in [0.1, 0.15) is 5.75 Å². The molecule has 0 aromatic heterocycles. The molecular weight excluding hydrogens is 310 g/mol. The molecular formula is C21H33N3O. The van der Waals surface area contributed by atoms with E-state index >= 15 is 0 Å². The van der Waals surface area contributed by atoms with E-state index in [2.05, 4.69) is 44.0 Å². The van der Waals surface area contributed by atoms with E-state index in [1.165, 1.54) is 31.2 Å². The molecule has 0 aliphatic heterocycles. The molecule has 138 valence electrons. The summed E-state index contributed by atoms with van der Waals surface area (Å²) in [6.45, 7) is 10.9. The summed E-state index contributed by atoms with van der Waals surface area (Å²) in [5, 5.41) is 13.8. The van der Waals surface area contributed by atoms with E-state index in [0.717, 1.165) is 37.1 Å². The van der Waals surface area contributed by atoms with Crippen LogP contribution in [-0.2, 0) is 5.41 Å². The maximum absolute atomic E-state index is 10.4. The number of rotatable bonds is 6. The lowest BCUT2D eigenvalue weighted by Crippen LogP contribution is -2.39. The number of hydrogen-bond acceptors (Lipinski definition) is 2. The van der Waals surface area contributed by atoms with Gasteiger partial charge in [0.05, 0.1) is 11.7 Å². The van der Waals surface area contributed by atoms with Gasteiger partial charge < -0.3 is 15.3 Å². The van der Waals surface area contributed by atoms with E-state index in [9.17, 15) is 5.11 Å². The number of aliphatic imine (C=N–C) groups is 1. The van der Waals surface area contributed by atoms with Crippen LogP contribution in [0.15, 0.2) is 23.2 Å². The Kier molecular flexibility index (Phi) is 5.26. The van der Waals surface area contributed by atoms with Crippen LogP contribution in [0, 0.1) is 5.92 Å². The van der Waals surface area contributed by atoms with Crippen LogP contribution >= 0.6 is 0 Å². The highest BCUT2D eigenvalue weighted by molar-refractivity contribution is 5.95. The summed E-state index contributed by atoms with van der Waals surface area (Å²) < 4.78 is 0. The van der Waals surface area contributed by atoms with Gasteiger partial charge in [-0.3, -0.25) is 0 Å². The molecule has 0 radical (unpaired) electrons. The zero-order chi connectivity index (χ0) is 18.0. The molecule has 2 fully saturated rings. The second kappa shape index (κ2) is 7.27. The van der Waals surface area contributed by atoms with Crippen LogP contribution in [0.5, 0.6) is 5.75 Å². The fourth-order valence-electron chi connectivity index (χ4n) is 2.96. The maximum Gasteiger partial charge on any atom is 0.198 e. The molecule has 4 nitrogen and oxygen atoms in total. The lowest BCUT2D eigenvalue weighted by molar-refractivity contribution is 0.396. The Morgan fingerprint density at radius 2 is 1.96 bits per heavy atom. The third-order valence-electron chi connectivity index (χ3n) is 4.93. The first-order chi connectivity index (χ1) is 11.9. The topological polar surface area (TPSA) is 47.9 Å². The van der Waals surface area contributed by atoms with Crippen LogP contribution < -0.4 is 5.32 Å². The minimum Gasteiger partial charge on any atom is -0.506 e. The second-order valence-corrected chi connectivity index (χ2v) is 8.68. The molecule has 0 atom stereocenters. The number of guanidine groups is 1. The monoisotopic (exact) mass is 343 g/mol. The van der Waals surface area contributed by atoms with E-state index in [1.807, 2.05) is 6.07 Å². The summed E-state index contributed by atoms with van der Waals surface area (Å²) in [4.78, 5) is 7.32. The summed E-state index contributed by atoms with van der Waals surface area (Å²) in [6, 6.07) is 6.32. The summed E-state index contributed by atoms with van der Waals surface area (Å²) in [6.07, 6.45) is 6.14. The van der Waals surface area contributed by atoms with Crippen LogP contribution in [0.2, 0.25) is 0 Å². The predicted molar refractivity (Wildman–Crippen MR) is 105 cm³/mol. The largest absolute Gasteiger partial charge is 0.506 e. The van der Waals surface area contributed by atoms with Gasteiger partial charge in [0, 0.05) is 13.1 Å². The smallest absolute Gasteiger partial charge is 0.198 e. The highest BCUT2D eigenvalue weighted by Gasteiger charge is 2.28. The Balaban J connectivity index is 1.84. The number of aromatic hydroxyl groups is 1. The molecule has 2 saturated carbocycles. The standard InChI is InChI=1S/C21H33N3O/c1-5-12-24(14-15-6-7-15)20(22-17-9-10-17)23-18-13-16(21(2,3)4)8-11-19(18)25/h8,11,13,15,17,25H,5-7,9-10,12,14H2,1-4H3,(H,22,23). The third kappa shape index (κ3) is 5.13. The zero-order valence-electron chi connectivity index (χ0n) is 16.2. The van der Waals surface area contributed by atoms with Crippen molar-refractivity contribution >= 4 is 11.6 Å². The van der Waals surface area contributed by atoms with Crippen LogP contribution in [-0.4, -0.2) is 35.1 Å². The molecule has 2 N–H and O–H groups in total. The molecule has 0 spiro atoms. The number of nitrogens with zero attached hydrogens (tertiary/aromatic N) is 2. The lowest BCUT2D eigenvalue weighted by atomic mass is 9.87. The number of anilines is 1. The molecule has 4 heteroatoms. The highest BCUT2D eigenvalue weighted by Crippen LogP contribution is 2.33. The Hall–Kier alpha value is -1.71. The second-order valence-electron chi connectivity index (χ2n) is 8.68. The van der Waals surface area contributed by atoms with Crippen molar-refractivity contribution in [1.29, 1.82) is 0 Å².